The zero-order valence-corrected chi connectivity index (χ0v) is 20.3. The zero-order valence-electron chi connectivity index (χ0n) is 18.7. The Balaban J connectivity index is 1.92. The molecule has 2 aliphatic rings. The number of amides is 1. The van der Waals surface area contributed by atoms with Crippen molar-refractivity contribution in [3.05, 3.63) is 69.7 Å². The monoisotopic (exact) mass is 489 g/mol. The number of hydrogen-bond donors (Lipinski definition) is 2. The van der Waals surface area contributed by atoms with Crippen LogP contribution in [0.25, 0.3) is 0 Å². The number of piperidine rings is 1. The van der Waals surface area contributed by atoms with Gasteiger partial charge in [-0.05, 0) is 67.5 Å². The Morgan fingerprint density at radius 2 is 1.79 bits per heavy atom. The first kappa shape index (κ1) is 24.1. The molecule has 1 aliphatic carbocycles. The number of aliphatic hydroxyl groups is 1. The number of likely N-dealkylation sites (tertiary alicyclic amines) is 1. The van der Waals surface area contributed by atoms with Gasteiger partial charge in [-0.3, -0.25) is 9.59 Å². The van der Waals surface area contributed by atoms with Crippen LogP contribution in [-0.2, 0) is 9.59 Å². The van der Waals surface area contributed by atoms with E-state index in [-0.39, 0.29) is 30.2 Å². The number of carboxylic acid groups (broad SMARTS) is 1. The molecular weight excluding hydrogens is 461 g/mol. The SMILES string of the molecule is CC(O)C(C1CC1)N1C(=O)[C@@](C)(CC(=O)O)C[C@H](c2cccc(Cl)c2)[C@H]1c1ccc(Cl)cc1. The van der Waals surface area contributed by atoms with Gasteiger partial charge < -0.3 is 15.1 Å². The summed E-state index contributed by atoms with van der Waals surface area (Å²) >= 11 is 12.5. The Morgan fingerprint density at radius 3 is 2.33 bits per heavy atom. The van der Waals surface area contributed by atoms with E-state index in [1.807, 2.05) is 30.3 Å². The van der Waals surface area contributed by atoms with E-state index in [0.717, 1.165) is 24.0 Å². The number of carbonyl (C=O) groups excluding carboxylic acids is 1. The third-order valence-corrected chi connectivity index (χ3v) is 7.54. The maximum atomic E-state index is 14.1. The van der Waals surface area contributed by atoms with Gasteiger partial charge in [0, 0.05) is 16.0 Å². The molecule has 5 nitrogen and oxygen atoms in total. The summed E-state index contributed by atoms with van der Waals surface area (Å²) < 4.78 is 0. The highest BCUT2D eigenvalue weighted by Crippen LogP contribution is 2.54. The average Bonchev–Trinajstić information content (AvgIpc) is 3.56. The van der Waals surface area contributed by atoms with Crippen LogP contribution in [0, 0.1) is 11.3 Å². The predicted molar refractivity (Wildman–Crippen MR) is 128 cm³/mol. The fourth-order valence-corrected chi connectivity index (χ4v) is 5.82. The van der Waals surface area contributed by atoms with Crippen LogP contribution in [0.4, 0.5) is 0 Å². The summed E-state index contributed by atoms with van der Waals surface area (Å²) in [4.78, 5) is 27.7. The summed E-state index contributed by atoms with van der Waals surface area (Å²) in [5.41, 5.74) is 0.738. The molecule has 5 atom stereocenters. The third-order valence-electron chi connectivity index (χ3n) is 7.05. The van der Waals surface area contributed by atoms with Crippen LogP contribution in [0.2, 0.25) is 10.0 Å². The summed E-state index contributed by atoms with van der Waals surface area (Å²) in [6, 6.07) is 14.2. The summed E-state index contributed by atoms with van der Waals surface area (Å²) in [6.07, 6.45) is 1.21. The standard InChI is InChI=1S/C26H29Cl2NO4/c1-15(30)23(16-6-7-16)29-24(17-8-10-19(27)11-9-17)21(18-4-3-5-20(28)12-18)13-26(2,25(29)33)14-22(31)32/h3-5,8-12,15-16,21,23-24,30H,6-7,13-14H2,1-2H3,(H,31,32)/t15?,21-,23?,24-,26-/m1/s1. The van der Waals surface area contributed by atoms with Gasteiger partial charge in [0.25, 0.3) is 0 Å². The maximum absolute atomic E-state index is 14.1. The molecule has 1 aliphatic heterocycles. The Labute approximate surface area is 204 Å². The van der Waals surface area contributed by atoms with Crippen molar-refractivity contribution >= 4 is 35.1 Å². The van der Waals surface area contributed by atoms with Crippen molar-refractivity contribution in [3.63, 3.8) is 0 Å². The van der Waals surface area contributed by atoms with Crippen molar-refractivity contribution in [2.45, 2.75) is 63.6 Å². The number of hydrogen-bond acceptors (Lipinski definition) is 3. The number of nitrogens with zero attached hydrogens (tertiary/aromatic N) is 1. The molecule has 0 aromatic heterocycles. The van der Waals surface area contributed by atoms with E-state index >= 15 is 0 Å². The Morgan fingerprint density at radius 1 is 1.12 bits per heavy atom. The highest BCUT2D eigenvalue weighted by molar-refractivity contribution is 6.30. The number of carboxylic acids is 1. The normalized spacial score (nSPS) is 27.3. The number of carbonyl (C=O) groups is 2. The van der Waals surface area contributed by atoms with Crippen molar-refractivity contribution < 1.29 is 19.8 Å². The van der Waals surface area contributed by atoms with Gasteiger partial charge in [-0.15, -0.1) is 0 Å². The van der Waals surface area contributed by atoms with Gasteiger partial charge in [-0.25, -0.2) is 0 Å². The summed E-state index contributed by atoms with van der Waals surface area (Å²) in [7, 11) is 0. The Bertz CT molecular complexity index is 1030. The highest BCUT2D eigenvalue weighted by Gasteiger charge is 2.55. The minimum atomic E-state index is -1.11. The van der Waals surface area contributed by atoms with Gasteiger partial charge in [-0.1, -0.05) is 54.4 Å². The van der Waals surface area contributed by atoms with E-state index in [1.165, 1.54) is 0 Å². The van der Waals surface area contributed by atoms with Gasteiger partial charge in [0.2, 0.25) is 5.91 Å². The number of aliphatic hydroxyl groups excluding tert-OH is 1. The minimum Gasteiger partial charge on any atom is -0.481 e. The summed E-state index contributed by atoms with van der Waals surface area (Å²) in [6.45, 7) is 3.45. The molecule has 2 unspecified atom stereocenters. The molecule has 176 valence electrons. The third kappa shape index (κ3) is 4.91. The second kappa shape index (κ2) is 9.28. The molecule has 1 heterocycles. The molecule has 2 fully saturated rings. The summed E-state index contributed by atoms with van der Waals surface area (Å²) in [5, 5.41) is 21.6. The smallest absolute Gasteiger partial charge is 0.304 e. The molecular formula is C26H29Cl2NO4. The molecule has 0 radical (unpaired) electrons. The van der Waals surface area contributed by atoms with E-state index in [2.05, 4.69) is 0 Å². The van der Waals surface area contributed by atoms with Crippen LogP contribution in [0.1, 0.15) is 62.6 Å². The Hall–Kier alpha value is -2.08. The molecule has 2 N–H and O–H groups in total. The first-order valence-electron chi connectivity index (χ1n) is 11.3. The van der Waals surface area contributed by atoms with E-state index in [4.69, 9.17) is 23.2 Å². The molecule has 0 spiro atoms. The van der Waals surface area contributed by atoms with Crippen molar-refractivity contribution in [1.82, 2.24) is 4.90 Å². The number of benzene rings is 2. The lowest BCUT2D eigenvalue weighted by atomic mass is 9.66. The number of rotatable bonds is 7. The molecule has 1 saturated carbocycles. The lowest BCUT2D eigenvalue weighted by Gasteiger charge is -2.52. The molecule has 0 bridgehead atoms. The van der Waals surface area contributed by atoms with Gasteiger partial charge in [0.15, 0.2) is 0 Å². The van der Waals surface area contributed by atoms with Crippen LogP contribution in [0.3, 0.4) is 0 Å². The van der Waals surface area contributed by atoms with Crippen molar-refractivity contribution in [2.75, 3.05) is 0 Å². The van der Waals surface area contributed by atoms with E-state index in [9.17, 15) is 19.8 Å². The second-order valence-electron chi connectivity index (χ2n) is 9.77. The highest BCUT2D eigenvalue weighted by atomic mass is 35.5. The van der Waals surface area contributed by atoms with E-state index in [1.54, 1.807) is 36.9 Å². The van der Waals surface area contributed by atoms with Gasteiger partial charge in [0.1, 0.15) is 0 Å². The lowest BCUT2D eigenvalue weighted by Crippen LogP contribution is -2.59. The van der Waals surface area contributed by atoms with Gasteiger partial charge >= 0.3 is 5.97 Å². The van der Waals surface area contributed by atoms with Gasteiger partial charge in [-0.2, -0.15) is 0 Å². The second-order valence-corrected chi connectivity index (χ2v) is 10.6. The fraction of sp³-hybridized carbons (Fsp3) is 0.462. The molecule has 2 aromatic carbocycles. The molecule has 33 heavy (non-hydrogen) atoms. The van der Waals surface area contributed by atoms with E-state index < -0.39 is 23.5 Å². The quantitative estimate of drug-likeness (QED) is 0.523. The van der Waals surface area contributed by atoms with E-state index in [0.29, 0.717) is 16.5 Å². The molecule has 2 aromatic rings. The first-order chi connectivity index (χ1) is 15.6. The Kier molecular flexibility index (Phi) is 6.77. The van der Waals surface area contributed by atoms with Crippen LogP contribution >= 0.6 is 23.2 Å². The summed E-state index contributed by atoms with van der Waals surface area (Å²) in [5.74, 6) is -1.25. The number of halogens is 2. The van der Waals surface area contributed by atoms with Crippen LogP contribution < -0.4 is 0 Å². The minimum absolute atomic E-state index is 0.191. The number of aliphatic carboxylic acids is 1. The average molecular weight is 490 g/mol. The maximum Gasteiger partial charge on any atom is 0.304 e. The van der Waals surface area contributed by atoms with Crippen molar-refractivity contribution in [2.24, 2.45) is 11.3 Å². The lowest BCUT2D eigenvalue weighted by molar-refractivity contribution is -0.164. The van der Waals surface area contributed by atoms with Crippen LogP contribution in [-0.4, -0.2) is 39.1 Å². The largest absolute Gasteiger partial charge is 0.481 e. The van der Waals surface area contributed by atoms with Crippen LogP contribution in [0.15, 0.2) is 48.5 Å². The first-order valence-corrected chi connectivity index (χ1v) is 12.1. The molecule has 4 rings (SSSR count). The van der Waals surface area contributed by atoms with Crippen molar-refractivity contribution in [1.29, 1.82) is 0 Å². The van der Waals surface area contributed by atoms with Crippen LogP contribution in [0.5, 0.6) is 0 Å². The molecule has 1 saturated heterocycles. The fourth-order valence-electron chi connectivity index (χ4n) is 5.50. The molecule has 1 amide bonds. The predicted octanol–water partition coefficient (Wildman–Crippen LogP) is 5.69. The van der Waals surface area contributed by atoms with Crippen molar-refractivity contribution in [3.8, 4) is 0 Å². The zero-order chi connectivity index (χ0) is 23.9. The van der Waals surface area contributed by atoms with Gasteiger partial charge in [0.05, 0.1) is 30.0 Å². The topological polar surface area (TPSA) is 77.8 Å². The molecule has 7 heteroatoms.